The SMILES string of the molecule is CCCOc1cccc(C2C(C#N)=C(N)Oc3cc(OC(=O)COc4ccc(OC)cc4)ccc32)c1. The minimum atomic E-state index is -0.583. The Morgan fingerprint density at radius 2 is 1.75 bits per heavy atom. The number of carbonyl (C=O) groups is 1. The topological polar surface area (TPSA) is 113 Å². The second-order valence-electron chi connectivity index (χ2n) is 7.98. The molecule has 0 bridgehead atoms. The van der Waals surface area contributed by atoms with Crippen molar-refractivity contribution in [1.29, 1.82) is 5.26 Å². The van der Waals surface area contributed by atoms with E-state index in [-0.39, 0.29) is 18.2 Å². The maximum absolute atomic E-state index is 12.3. The van der Waals surface area contributed by atoms with Crippen LogP contribution in [0, 0.1) is 11.3 Å². The van der Waals surface area contributed by atoms with E-state index in [4.69, 9.17) is 29.4 Å². The number of nitrogens with two attached hydrogens (primary N) is 1. The van der Waals surface area contributed by atoms with Gasteiger partial charge in [0, 0.05) is 11.6 Å². The van der Waals surface area contributed by atoms with Crippen molar-refractivity contribution in [2.45, 2.75) is 19.3 Å². The van der Waals surface area contributed by atoms with E-state index in [1.54, 1.807) is 49.6 Å². The molecule has 184 valence electrons. The highest BCUT2D eigenvalue weighted by atomic mass is 16.6. The van der Waals surface area contributed by atoms with Gasteiger partial charge < -0.3 is 29.4 Å². The van der Waals surface area contributed by atoms with E-state index in [1.165, 1.54) is 0 Å². The molecule has 2 N–H and O–H groups in total. The third-order valence-electron chi connectivity index (χ3n) is 5.50. The fourth-order valence-electron chi connectivity index (χ4n) is 3.82. The van der Waals surface area contributed by atoms with Gasteiger partial charge >= 0.3 is 5.97 Å². The average Bonchev–Trinajstić information content (AvgIpc) is 2.90. The Morgan fingerprint density at radius 1 is 1.00 bits per heavy atom. The lowest BCUT2D eigenvalue weighted by Crippen LogP contribution is -2.21. The highest BCUT2D eigenvalue weighted by Gasteiger charge is 2.31. The van der Waals surface area contributed by atoms with Gasteiger partial charge in [0.25, 0.3) is 0 Å². The molecule has 0 saturated carbocycles. The molecule has 0 spiro atoms. The van der Waals surface area contributed by atoms with Gasteiger partial charge in [-0.3, -0.25) is 0 Å². The van der Waals surface area contributed by atoms with Gasteiger partial charge in [0.1, 0.15) is 40.4 Å². The van der Waals surface area contributed by atoms with Crippen LogP contribution in [0.15, 0.2) is 78.2 Å². The first-order valence-electron chi connectivity index (χ1n) is 11.4. The van der Waals surface area contributed by atoms with Crippen LogP contribution >= 0.6 is 0 Å². The van der Waals surface area contributed by atoms with Crippen molar-refractivity contribution >= 4 is 5.97 Å². The highest BCUT2D eigenvalue weighted by Crippen LogP contribution is 2.44. The molecule has 1 heterocycles. The summed E-state index contributed by atoms with van der Waals surface area (Å²) in [6.07, 6.45) is 0.882. The number of ether oxygens (including phenoxy) is 5. The molecule has 0 aliphatic carbocycles. The molecule has 36 heavy (non-hydrogen) atoms. The summed E-state index contributed by atoms with van der Waals surface area (Å²) in [5.41, 5.74) is 7.96. The van der Waals surface area contributed by atoms with E-state index in [0.29, 0.717) is 35.2 Å². The molecule has 0 radical (unpaired) electrons. The number of methoxy groups -OCH3 is 1. The Bertz CT molecular complexity index is 1310. The van der Waals surface area contributed by atoms with Gasteiger partial charge in [-0.1, -0.05) is 25.1 Å². The van der Waals surface area contributed by atoms with E-state index in [0.717, 1.165) is 17.5 Å². The van der Waals surface area contributed by atoms with Crippen LogP contribution in [-0.2, 0) is 4.79 Å². The van der Waals surface area contributed by atoms with Crippen LogP contribution in [0.1, 0.15) is 30.4 Å². The summed E-state index contributed by atoms with van der Waals surface area (Å²) in [4.78, 5) is 12.3. The van der Waals surface area contributed by atoms with Crippen molar-refractivity contribution in [3.05, 3.63) is 89.3 Å². The van der Waals surface area contributed by atoms with Crippen molar-refractivity contribution in [3.8, 4) is 34.8 Å². The molecule has 1 aliphatic heterocycles. The zero-order valence-electron chi connectivity index (χ0n) is 20.0. The monoisotopic (exact) mass is 486 g/mol. The summed E-state index contributed by atoms with van der Waals surface area (Å²) in [5, 5.41) is 9.80. The lowest BCUT2D eigenvalue weighted by molar-refractivity contribution is -0.136. The molecule has 0 fully saturated rings. The molecule has 0 aromatic heterocycles. The first-order chi connectivity index (χ1) is 17.5. The minimum Gasteiger partial charge on any atom is -0.497 e. The van der Waals surface area contributed by atoms with Gasteiger partial charge in [0.2, 0.25) is 5.88 Å². The fraction of sp³-hybridized carbons (Fsp3) is 0.214. The molecular weight excluding hydrogens is 460 g/mol. The molecule has 3 aromatic carbocycles. The number of fused-ring (bicyclic) bond motifs is 1. The second-order valence-corrected chi connectivity index (χ2v) is 7.98. The second kappa shape index (κ2) is 11.2. The van der Waals surface area contributed by atoms with Crippen LogP contribution in [0.3, 0.4) is 0 Å². The van der Waals surface area contributed by atoms with Gasteiger partial charge in [0.15, 0.2) is 6.61 Å². The maximum Gasteiger partial charge on any atom is 0.349 e. The summed E-state index contributed by atoms with van der Waals surface area (Å²) in [6, 6.07) is 21.6. The number of nitriles is 1. The molecule has 1 aliphatic rings. The summed E-state index contributed by atoms with van der Waals surface area (Å²) in [6.45, 7) is 2.34. The highest BCUT2D eigenvalue weighted by molar-refractivity contribution is 5.74. The predicted octanol–water partition coefficient (Wildman–Crippen LogP) is 4.69. The Labute approximate surface area is 209 Å². The van der Waals surface area contributed by atoms with E-state index in [2.05, 4.69) is 6.07 Å². The van der Waals surface area contributed by atoms with Crippen LogP contribution in [-0.4, -0.2) is 26.3 Å². The zero-order valence-corrected chi connectivity index (χ0v) is 20.0. The number of hydrogen-bond donors (Lipinski definition) is 1. The van der Waals surface area contributed by atoms with Gasteiger partial charge in [-0.25, -0.2) is 4.79 Å². The van der Waals surface area contributed by atoms with Gasteiger partial charge in [-0.15, -0.1) is 0 Å². The first kappa shape index (κ1) is 24.5. The lowest BCUT2D eigenvalue weighted by Gasteiger charge is -2.27. The molecule has 3 aromatic rings. The summed E-state index contributed by atoms with van der Waals surface area (Å²) in [5.74, 6) is 1.54. The molecule has 8 nitrogen and oxygen atoms in total. The summed E-state index contributed by atoms with van der Waals surface area (Å²) in [7, 11) is 1.57. The minimum absolute atomic E-state index is 0.00111. The number of benzene rings is 3. The number of rotatable bonds is 9. The smallest absolute Gasteiger partial charge is 0.349 e. The van der Waals surface area contributed by atoms with Gasteiger partial charge in [-0.05, 0) is 54.4 Å². The van der Waals surface area contributed by atoms with Gasteiger partial charge in [0.05, 0.1) is 19.6 Å². The van der Waals surface area contributed by atoms with Crippen LogP contribution in [0.4, 0.5) is 0 Å². The van der Waals surface area contributed by atoms with E-state index < -0.39 is 11.9 Å². The zero-order chi connectivity index (χ0) is 25.5. The van der Waals surface area contributed by atoms with E-state index in [9.17, 15) is 10.1 Å². The van der Waals surface area contributed by atoms with E-state index in [1.807, 2.05) is 31.2 Å². The Balaban J connectivity index is 1.52. The number of nitrogens with zero attached hydrogens (tertiary/aromatic N) is 1. The largest absolute Gasteiger partial charge is 0.497 e. The van der Waals surface area contributed by atoms with E-state index >= 15 is 0 Å². The van der Waals surface area contributed by atoms with Gasteiger partial charge in [-0.2, -0.15) is 5.26 Å². The normalized spacial score (nSPS) is 14.2. The quantitative estimate of drug-likeness (QED) is 0.342. The summed E-state index contributed by atoms with van der Waals surface area (Å²) < 4.78 is 27.5. The Morgan fingerprint density at radius 3 is 2.47 bits per heavy atom. The number of carbonyl (C=O) groups excluding carboxylic acids is 1. The van der Waals surface area contributed by atoms with Crippen molar-refractivity contribution in [1.82, 2.24) is 0 Å². The molecule has 4 rings (SSSR count). The molecule has 0 saturated heterocycles. The summed E-state index contributed by atoms with van der Waals surface area (Å²) >= 11 is 0. The van der Waals surface area contributed by atoms with Crippen LogP contribution in [0.2, 0.25) is 0 Å². The molecule has 8 heteroatoms. The first-order valence-corrected chi connectivity index (χ1v) is 11.4. The maximum atomic E-state index is 12.3. The predicted molar refractivity (Wildman–Crippen MR) is 132 cm³/mol. The average molecular weight is 487 g/mol. The van der Waals surface area contributed by atoms with Crippen molar-refractivity contribution in [2.24, 2.45) is 5.73 Å². The third kappa shape index (κ3) is 5.53. The van der Waals surface area contributed by atoms with Crippen LogP contribution in [0.5, 0.6) is 28.7 Å². The van der Waals surface area contributed by atoms with Crippen LogP contribution < -0.4 is 29.4 Å². The molecular formula is C28H26N2O6. The lowest BCUT2D eigenvalue weighted by atomic mass is 9.83. The standard InChI is InChI=1S/C28H26N2O6/c1-3-13-33-21-6-4-5-18(14-21)27-23-12-11-22(15-25(23)36-28(30)24(27)16-29)35-26(31)17-34-20-9-7-19(32-2)8-10-20/h4-12,14-15,27H,3,13,17,30H2,1-2H3. The Kier molecular flexibility index (Phi) is 7.61. The third-order valence-corrected chi connectivity index (χ3v) is 5.50. The molecule has 1 atom stereocenters. The molecule has 1 unspecified atom stereocenters. The van der Waals surface area contributed by atoms with Crippen molar-refractivity contribution in [2.75, 3.05) is 20.3 Å². The molecule has 0 amide bonds. The Hall–Kier alpha value is -4.64. The van der Waals surface area contributed by atoms with Crippen molar-refractivity contribution in [3.63, 3.8) is 0 Å². The fourth-order valence-corrected chi connectivity index (χ4v) is 3.82. The number of hydrogen-bond acceptors (Lipinski definition) is 8. The van der Waals surface area contributed by atoms with Crippen molar-refractivity contribution < 1.29 is 28.5 Å². The number of allylic oxidation sites excluding steroid dienone is 1. The number of esters is 1. The van der Waals surface area contributed by atoms with Crippen LogP contribution in [0.25, 0.3) is 0 Å².